The number of nitrogens with one attached hydrogen (secondary N) is 1. The maximum Gasteiger partial charge on any atom is 0.416 e. The SMILES string of the molecule is Cc1cccc2c(=O)n(CCC(=O)Nc3ncc(Cc4ccc(C(F)(F)F)cc4)s3)cnc12. The van der Waals surface area contributed by atoms with Crippen molar-refractivity contribution in [2.75, 3.05) is 5.32 Å². The van der Waals surface area contributed by atoms with Crippen LogP contribution < -0.4 is 10.9 Å². The molecule has 6 nitrogen and oxygen atoms in total. The number of thiazole rings is 1. The highest BCUT2D eigenvalue weighted by atomic mass is 32.1. The van der Waals surface area contributed by atoms with Crippen LogP contribution >= 0.6 is 11.3 Å². The van der Waals surface area contributed by atoms with Crippen molar-refractivity contribution in [1.82, 2.24) is 14.5 Å². The van der Waals surface area contributed by atoms with Crippen LogP contribution in [0.1, 0.15) is 28.0 Å². The third-order valence-corrected chi connectivity index (χ3v) is 6.01. The zero-order valence-electron chi connectivity index (χ0n) is 17.5. The van der Waals surface area contributed by atoms with Gasteiger partial charge in [0, 0.05) is 30.5 Å². The Morgan fingerprint density at radius 2 is 1.88 bits per heavy atom. The standard InChI is InChI=1S/C23H19F3N4O2S/c1-14-3-2-4-18-20(14)28-13-30(21(18)32)10-9-19(31)29-22-27-12-17(33-22)11-15-5-7-16(8-6-15)23(24,25)26/h2-8,12-13H,9-11H2,1H3,(H,27,29,31). The van der Waals surface area contributed by atoms with Gasteiger partial charge in [0.05, 0.1) is 22.8 Å². The fourth-order valence-corrected chi connectivity index (χ4v) is 4.22. The van der Waals surface area contributed by atoms with E-state index in [4.69, 9.17) is 0 Å². The number of anilines is 1. The van der Waals surface area contributed by atoms with Gasteiger partial charge in [-0.3, -0.25) is 14.2 Å². The summed E-state index contributed by atoms with van der Waals surface area (Å²) >= 11 is 1.25. The molecule has 10 heteroatoms. The van der Waals surface area contributed by atoms with Crippen molar-refractivity contribution in [2.45, 2.75) is 32.5 Å². The Morgan fingerprint density at radius 1 is 1.12 bits per heavy atom. The van der Waals surface area contributed by atoms with E-state index in [0.717, 1.165) is 22.6 Å². The third-order valence-electron chi connectivity index (χ3n) is 5.09. The highest BCUT2D eigenvalue weighted by Crippen LogP contribution is 2.30. The minimum Gasteiger partial charge on any atom is -0.302 e. The summed E-state index contributed by atoms with van der Waals surface area (Å²) in [5.41, 5.74) is 1.36. The molecule has 0 aliphatic heterocycles. The second-order valence-electron chi connectivity index (χ2n) is 7.52. The number of hydrogen-bond acceptors (Lipinski definition) is 5. The average molecular weight is 472 g/mol. The first-order valence-corrected chi connectivity index (χ1v) is 10.9. The van der Waals surface area contributed by atoms with Crippen molar-refractivity contribution in [3.63, 3.8) is 0 Å². The van der Waals surface area contributed by atoms with Crippen LogP contribution in [-0.2, 0) is 23.9 Å². The van der Waals surface area contributed by atoms with Crippen molar-refractivity contribution >= 4 is 33.3 Å². The molecule has 0 saturated carbocycles. The average Bonchev–Trinajstić information content (AvgIpc) is 3.20. The van der Waals surface area contributed by atoms with Crippen molar-refractivity contribution in [2.24, 2.45) is 0 Å². The fourth-order valence-electron chi connectivity index (χ4n) is 3.36. The fraction of sp³-hybridized carbons (Fsp3) is 0.217. The minimum absolute atomic E-state index is 0.0622. The van der Waals surface area contributed by atoms with Crippen molar-refractivity contribution < 1.29 is 18.0 Å². The molecule has 2 heterocycles. The number of halogens is 3. The lowest BCUT2D eigenvalue weighted by Gasteiger charge is -2.07. The molecule has 0 aliphatic carbocycles. The molecule has 4 aromatic rings. The van der Waals surface area contributed by atoms with Crippen molar-refractivity contribution in [1.29, 1.82) is 0 Å². The first-order valence-electron chi connectivity index (χ1n) is 10.1. The number of fused-ring (bicyclic) bond motifs is 1. The molecule has 33 heavy (non-hydrogen) atoms. The molecule has 0 saturated heterocycles. The summed E-state index contributed by atoms with van der Waals surface area (Å²) in [4.78, 5) is 34.2. The highest BCUT2D eigenvalue weighted by Gasteiger charge is 2.29. The van der Waals surface area contributed by atoms with Gasteiger partial charge in [-0.2, -0.15) is 13.2 Å². The van der Waals surface area contributed by atoms with Gasteiger partial charge >= 0.3 is 6.18 Å². The number of para-hydroxylation sites is 1. The monoisotopic (exact) mass is 472 g/mol. The molecule has 1 amide bonds. The van der Waals surface area contributed by atoms with E-state index in [1.807, 2.05) is 13.0 Å². The van der Waals surface area contributed by atoms with Gasteiger partial charge in [-0.15, -0.1) is 11.3 Å². The first kappa shape index (κ1) is 22.7. The van der Waals surface area contributed by atoms with Crippen LogP contribution in [0.3, 0.4) is 0 Å². The van der Waals surface area contributed by atoms with Gasteiger partial charge in [0.15, 0.2) is 5.13 Å². The summed E-state index contributed by atoms with van der Waals surface area (Å²) in [6.07, 6.45) is -0.877. The predicted octanol–water partition coefficient (Wildman–Crippen LogP) is 4.80. The predicted molar refractivity (Wildman–Crippen MR) is 120 cm³/mol. The van der Waals surface area contributed by atoms with E-state index in [2.05, 4.69) is 15.3 Å². The molecule has 4 rings (SSSR count). The molecule has 0 spiro atoms. The van der Waals surface area contributed by atoms with Gasteiger partial charge < -0.3 is 5.32 Å². The van der Waals surface area contributed by atoms with Gasteiger partial charge in [0.25, 0.3) is 5.56 Å². The quantitative estimate of drug-likeness (QED) is 0.437. The van der Waals surface area contributed by atoms with Crippen LogP contribution in [0.15, 0.2) is 59.8 Å². The molecule has 0 aliphatic rings. The molecule has 0 atom stereocenters. The van der Waals surface area contributed by atoms with E-state index in [0.29, 0.717) is 28.0 Å². The smallest absolute Gasteiger partial charge is 0.302 e. The summed E-state index contributed by atoms with van der Waals surface area (Å²) < 4.78 is 39.4. The summed E-state index contributed by atoms with van der Waals surface area (Å²) in [5, 5.41) is 3.59. The number of benzene rings is 2. The zero-order valence-corrected chi connectivity index (χ0v) is 18.3. The molecule has 2 aromatic heterocycles. The highest BCUT2D eigenvalue weighted by molar-refractivity contribution is 7.15. The number of aromatic nitrogens is 3. The molecule has 0 radical (unpaired) electrons. The molecule has 2 aromatic carbocycles. The number of aryl methyl sites for hydroxylation is 2. The number of alkyl halides is 3. The van der Waals surface area contributed by atoms with Crippen LogP contribution in [0.2, 0.25) is 0 Å². The number of nitrogens with zero attached hydrogens (tertiary/aromatic N) is 3. The van der Waals surface area contributed by atoms with E-state index in [1.165, 1.54) is 34.4 Å². The van der Waals surface area contributed by atoms with Gasteiger partial charge in [0.2, 0.25) is 5.91 Å². The summed E-state index contributed by atoms with van der Waals surface area (Å²) in [7, 11) is 0. The van der Waals surface area contributed by atoms with E-state index in [9.17, 15) is 22.8 Å². The lowest BCUT2D eigenvalue weighted by atomic mass is 10.1. The molecular weight excluding hydrogens is 453 g/mol. The number of carbonyl (C=O) groups is 1. The molecule has 1 N–H and O–H groups in total. The van der Waals surface area contributed by atoms with Crippen LogP contribution in [0.4, 0.5) is 18.3 Å². The molecular formula is C23H19F3N4O2S. The summed E-state index contributed by atoms with van der Waals surface area (Å²) in [5.74, 6) is -0.304. The van der Waals surface area contributed by atoms with Gasteiger partial charge in [-0.05, 0) is 36.2 Å². The second-order valence-corrected chi connectivity index (χ2v) is 8.63. The number of rotatable bonds is 6. The Hall–Kier alpha value is -3.53. The summed E-state index contributed by atoms with van der Waals surface area (Å²) in [6, 6.07) is 10.3. The largest absolute Gasteiger partial charge is 0.416 e. The number of hydrogen-bond donors (Lipinski definition) is 1. The minimum atomic E-state index is -4.37. The Kier molecular flexibility index (Phi) is 6.28. The van der Waals surface area contributed by atoms with E-state index in [-0.39, 0.29) is 24.4 Å². The first-order chi connectivity index (χ1) is 15.7. The zero-order chi connectivity index (χ0) is 23.6. The Labute approximate surface area is 190 Å². The lowest BCUT2D eigenvalue weighted by Crippen LogP contribution is -2.23. The van der Waals surface area contributed by atoms with E-state index < -0.39 is 11.7 Å². The van der Waals surface area contributed by atoms with Crippen LogP contribution in [-0.4, -0.2) is 20.4 Å². The van der Waals surface area contributed by atoms with Crippen molar-refractivity contribution in [3.05, 3.63) is 86.9 Å². The van der Waals surface area contributed by atoms with Crippen molar-refractivity contribution in [3.8, 4) is 0 Å². The Bertz CT molecular complexity index is 1360. The Morgan fingerprint density at radius 3 is 2.61 bits per heavy atom. The maximum atomic E-state index is 12.7. The topological polar surface area (TPSA) is 76.9 Å². The molecule has 0 fully saturated rings. The van der Waals surface area contributed by atoms with Crippen LogP contribution in [0.25, 0.3) is 10.9 Å². The molecule has 170 valence electrons. The summed E-state index contributed by atoms with van der Waals surface area (Å²) in [6.45, 7) is 2.05. The van der Waals surface area contributed by atoms with E-state index in [1.54, 1.807) is 18.3 Å². The molecule has 0 unspecified atom stereocenters. The second kappa shape index (κ2) is 9.14. The van der Waals surface area contributed by atoms with E-state index >= 15 is 0 Å². The number of carbonyl (C=O) groups excluding carboxylic acids is 1. The lowest BCUT2D eigenvalue weighted by molar-refractivity contribution is -0.137. The van der Waals surface area contributed by atoms with Gasteiger partial charge in [-0.1, -0.05) is 24.3 Å². The normalized spacial score (nSPS) is 11.6. The van der Waals surface area contributed by atoms with Gasteiger partial charge in [0.1, 0.15) is 0 Å². The Balaban J connectivity index is 1.35. The maximum absolute atomic E-state index is 12.7. The van der Waals surface area contributed by atoms with Crippen LogP contribution in [0.5, 0.6) is 0 Å². The number of amides is 1. The molecule has 0 bridgehead atoms. The van der Waals surface area contributed by atoms with Gasteiger partial charge in [-0.25, -0.2) is 9.97 Å². The van der Waals surface area contributed by atoms with Crippen LogP contribution in [0, 0.1) is 6.92 Å². The third kappa shape index (κ3) is 5.28.